The minimum absolute atomic E-state index is 0.0385. The summed E-state index contributed by atoms with van der Waals surface area (Å²) in [5.41, 5.74) is 2.43. The van der Waals surface area contributed by atoms with Crippen LogP contribution in [0.2, 0.25) is 0 Å². The molecule has 3 rings (SSSR count). The molecule has 4 nitrogen and oxygen atoms in total. The first-order valence-electron chi connectivity index (χ1n) is 7.86. The number of carbonyl (C=O) groups is 1. The number of rotatable bonds is 2. The Morgan fingerprint density at radius 1 is 1.09 bits per heavy atom. The lowest BCUT2D eigenvalue weighted by atomic mass is 10.2. The molecule has 1 fully saturated rings. The molecule has 120 valence electrons. The number of carbonyl (C=O) groups excluding carboxylic acids is 1. The third-order valence-electron chi connectivity index (χ3n) is 4.21. The number of aromatic nitrogens is 1. The highest BCUT2D eigenvalue weighted by Gasteiger charge is 2.21. The van der Waals surface area contributed by atoms with E-state index in [-0.39, 0.29) is 11.7 Å². The van der Waals surface area contributed by atoms with Crippen molar-refractivity contribution in [1.82, 2.24) is 9.88 Å². The van der Waals surface area contributed by atoms with Crippen molar-refractivity contribution < 1.29 is 9.18 Å². The predicted molar refractivity (Wildman–Crippen MR) is 88.1 cm³/mol. The third-order valence-corrected chi connectivity index (χ3v) is 4.21. The summed E-state index contributed by atoms with van der Waals surface area (Å²) in [4.78, 5) is 21.0. The lowest BCUT2D eigenvalue weighted by Gasteiger charge is -2.24. The van der Waals surface area contributed by atoms with Crippen molar-refractivity contribution in [3.8, 4) is 0 Å². The summed E-state index contributed by atoms with van der Waals surface area (Å²) in [6.07, 6.45) is 2.59. The number of pyridine rings is 1. The van der Waals surface area contributed by atoms with E-state index in [0.29, 0.717) is 12.1 Å². The number of hydrogen-bond acceptors (Lipinski definition) is 3. The average molecular weight is 313 g/mol. The first-order chi connectivity index (χ1) is 11.1. The minimum atomic E-state index is -0.229. The molecular formula is C18H20FN3O. The van der Waals surface area contributed by atoms with Crippen LogP contribution in [0.15, 0.2) is 42.6 Å². The van der Waals surface area contributed by atoms with Gasteiger partial charge in [-0.1, -0.05) is 0 Å². The normalized spacial score (nSPS) is 15.4. The highest BCUT2D eigenvalue weighted by Crippen LogP contribution is 2.18. The van der Waals surface area contributed by atoms with E-state index < -0.39 is 0 Å². The molecule has 0 aliphatic carbocycles. The molecule has 1 amide bonds. The van der Waals surface area contributed by atoms with Gasteiger partial charge in [0.25, 0.3) is 5.91 Å². The maximum absolute atomic E-state index is 13.1. The second-order valence-corrected chi connectivity index (χ2v) is 5.75. The second kappa shape index (κ2) is 6.77. The van der Waals surface area contributed by atoms with Crippen molar-refractivity contribution in [2.45, 2.75) is 13.3 Å². The quantitative estimate of drug-likeness (QED) is 0.855. The van der Waals surface area contributed by atoms with E-state index in [9.17, 15) is 9.18 Å². The van der Waals surface area contributed by atoms with Gasteiger partial charge < -0.3 is 9.80 Å². The molecule has 0 atom stereocenters. The topological polar surface area (TPSA) is 36.4 Å². The summed E-state index contributed by atoms with van der Waals surface area (Å²) in [7, 11) is 0. The monoisotopic (exact) mass is 313 g/mol. The van der Waals surface area contributed by atoms with E-state index in [2.05, 4.69) is 9.88 Å². The Morgan fingerprint density at radius 3 is 2.61 bits per heavy atom. The van der Waals surface area contributed by atoms with Gasteiger partial charge in [-0.15, -0.1) is 0 Å². The fraction of sp³-hybridized carbons (Fsp3) is 0.333. The fourth-order valence-electron chi connectivity index (χ4n) is 2.91. The standard InChI is InChI=1S/C18H20FN3O/c1-14-17(4-2-9-20-14)18(23)22-11-3-10-21(12-13-22)16-7-5-15(19)6-8-16/h2,4-9H,3,10-13H2,1H3. The number of benzene rings is 1. The van der Waals surface area contributed by atoms with Crippen molar-refractivity contribution in [2.24, 2.45) is 0 Å². The molecule has 0 radical (unpaired) electrons. The van der Waals surface area contributed by atoms with E-state index in [1.165, 1.54) is 12.1 Å². The van der Waals surface area contributed by atoms with Crippen LogP contribution in [0.25, 0.3) is 0 Å². The molecule has 0 bridgehead atoms. The molecule has 0 N–H and O–H groups in total. The van der Waals surface area contributed by atoms with Crippen LogP contribution in [0, 0.1) is 12.7 Å². The van der Waals surface area contributed by atoms with Gasteiger partial charge >= 0.3 is 0 Å². The molecule has 1 aliphatic heterocycles. The van der Waals surface area contributed by atoms with Crippen LogP contribution in [0.4, 0.5) is 10.1 Å². The molecule has 1 aromatic carbocycles. The average Bonchev–Trinajstić information content (AvgIpc) is 2.81. The molecule has 1 saturated heterocycles. The Morgan fingerprint density at radius 2 is 1.87 bits per heavy atom. The molecule has 1 aliphatic rings. The zero-order valence-electron chi connectivity index (χ0n) is 13.2. The molecule has 0 spiro atoms. The fourth-order valence-corrected chi connectivity index (χ4v) is 2.91. The predicted octanol–water partition coefficient (Wildman–Crippen LogP) is 2.88. The zero-order chi connectivity index (χ0) is 16.2. The lowest BCUT2D eigenvalue weighted by molar-refractivity contribution is 0.0766. The smallest absolute Gasteiger partial charge is 0.255 e. The van der Waals surface area contributed by atoms with Crippen molar-refractivity contribution in [1.29, 1.82) is 0 Å². The van der Waals surface area contributed by atoms with Gasteiger partial charge in [0.1, 0.15) is 5.82 Å². The van der Waals surface area contributed by atoms with E-state index >= 15 is 0 Å². The number of amides is 1. The molecule has 0 saturated carbocycles. The second-order valence-electron chi connectivity index (χ2n) is 5.75. The molecule has 23 heavy (non-hydrogen) atoms. The van der Waals surface area contributed by atoms with Gasteiger partial charge in [-0.2, -0.15) is 0 Å². The van der Waals surface area contributed by atoms with E-state index in [1.807, 2.05) is 17.9 Å². The van der Waals surface area contributed by atoms with Gasteiger partial charge in [0.15, 0.2) is 0 Å². The first kappa shape index (κ1) is 15.5. The molecule has 2 heterocycles. The van der Waals surface area contributed by atoms with Gasteiger partial charge in [0, 0.05) is 43.8 Å². The maximum atomic E-state index is 13.1. The molecular weight excluding hydrogens is 293 g/mol. The van der Waals surface area contributed by atoms with Gasteiger partial charge in [0.2, 0.25) is 0 Å². The van der Waals surface area contributed by atoms with Crippen LogP contribution in [-0.4, -0.2) is 42.0 Å². The van der Waals surface area contributed by atoms with Gasteiger partial charge in [-0.25, -0.2) is 4.39 Å². The largest absolute Gasteiger partial charge is 0.370 e. The van der Waals surface area contributed by atoms with Crippen LogP contribution in [0.1, 0.15) is 22.5 Å². The van der Waals surface area contributed by atoms with Crippen LogP contribution in [0.5, 0.6) is 0 Å². The molecule has 2 aromatic rings. The highest BCUT2D eigenvalue weighted by atomic mass is 19.1. The zero-order valence-corrected chi connectivity index (χ0v) is 13.2. The summed E-state index contributed by atoms with van der Waals surface area (Å²) in [5, 5.41) is 0. The van der Waals surface area contributed by atoms with Crippen molar-refractivity contribution in [3.05, 3.63) is 59.7 Å². The Balaban J connectivity index is 1.70. The maximum Gasteiger partial charge on any atom is 0.255 e. The van der Waals surface area contributed by atoms with E-state index in [1.54, 1.807) is 24.4 Å². The summed E-state index contributed by atoms with van der Waals surface area (Å²) >= 11 is 0. The Hall–Kier alpha value is -2.43. The van der Waals surface area contributed by atoms with Crippen LogP contribution in [0.3, 0.4) is 0 Å². The molecule has 0 unspecified atom stereocenters. The minimum Gasteiger partial charge on any atom is -0.370 e. The molecule has 1 aromatic heterocycles. The summed E-state index contributed by atoms with van der Waals surface area (Å²) in [6, 6.07) is 10.1. The van der Waals surface area contributed by atoms with Crippen molar-refractivity contribution >= 4 is 11.6 Å². The van der Waals surface area contributed by atoms with Crippen LogP contribution >= 0.6 is 0 Å². The van der Waals surface area contributed by atoms with Crippen molar-refractivity contribution in [3.63, 3.8) is 0 Å². The number of nitrogens with zero attached hydrogens (tertiary/aromatic N) is 3. The summed E-state index contributed by atoms with van der Waals surface area (Å²) in [5.74, 6) is -0.191. The Bertz CT molecular complexity index is 687. The lowest BCUT2D eigenvalue weighted by Crippen LogP contribution is -2.35. The molecule has 5 heteroatoms. The van der Waals surface area contributed by atoms with Gasteiger partial charge in [-0.3, -0.25) is 9.78 Å². The van der Waals surface area contributed by atoms with Crippen LogP contribution < -0.4 is 4.90 Å². The number of aryl methyl sites for hydroxylation is 1. The van der Waals surface area contributed by atoms with Crippen LogP contribution in [-0.2, 0) is 0 Å². The Kier molecular flexibility index (Phi) is 4.55. The number of halogens is 1. The number of anilines is 1. The summed E-state index contributed by atoms with van der Waals surface area (Å²) < 4.78 is 13.1. The third kappa shape index (κ3) is 3.50. The van der Waals surface area contributed by atoms with Gasteiger partial charge in [0.05, 0.1) is 5.56 Å². The Labute approximate surface area is 135 Å². The summed E-state index contributed by atoms with van der Waals surface area (Å²) in [6.45, 7) is 4.85. The first-order valence-corrected chi connectivity index (χ1v) is 7.86. The number of hydrogen-bond donors (Lipinski definition) is 0. The van der Waals surface area contributed by atoms with Crippen molar-refractivity contribution in [2.75, 3.05) is 31.1 Å². The van der Waals surface area contributed by atoms with E-state index in [0.717, 1.165) is 37.4 Å². The van der Waals surface area contributed by atoms with Gasteiger partial charge in [-0.05, 0) is 49.7 Å². The SMILES string of the molecule is Cc1ncccc1C(=O)N1CCCN(c2ccc(F)cc2)CC1. The highest BCUT2D eigenvalue weighted by molar-refractivity contribution is 5.95. The van der Waals surface area contributed by atoms with E-state index in [4.69, 9.17) is 0 Å².